The monoisotopic (exact) mass is 270 g/mol. The Kier molecular flexibility index (Phi) is 4.40. The van der Waals surface area contributed by atoms with Crippen LogP contribution in [0.15, 0.2) is 24.3 Å². The van der Waals surface area contributed by atoms with Gasteiger partial charge in [0.25, 0.3) is 0 Å². The van der Waals surface area contributed by atoms with Crippen LogP contribution in [0.1, 0.15) is 27.9 Å². The van der Waals surface area contributed by atoms with Crippen molar-refractivity contribution in [2.45, 2.75) is 34.2 Å². The molecule has 0 amide bonds. The second-order valence-electron chi connectivity index (χ2n) is 5.32. The first-order valence-electron chi connectivity index (χ1n) is 6.87. The molecule has 1 N–H and O–H groups in total. The fourth-order valence-corrected chi connectivity index (χ4v) is 2.41. The van der Waals surface area contributed by atoms with Gasteiger partial charge in [0, 0.05) is 17.8 Å². The molecule has 2 aromatic rings. The highest BCUT2D eigenvalue weighted by atomic mass is 16.5. The van der Waals surface area contributed by atoms with Crippen molar-refractivity contribution in [3.8, 4) is 11.6 Å². The molecular formula is C17H22N2O. The zero-order valence-corrected chi connectivity index (χ0v) is 12.9. The number of aryl methyl sites for hydroxylation is 4. The summed E-state index contributed by atoms with van der Waals surface area (Å²) >= 11 is 0. The lowest BCUT2D eigenvalue weighted by molar-refractivity contribution is 0.451. The number of nitrogens with one attached hydrogen (secondary N) is 1. The van der Waals surface area contributed by atoms with Crippen molar-refractivity contribution in [2.24, 2.45) is 0 Å². The van der Waals surface area contributed by atoms with Gasteiger partial charge < -0.3 is 10.1 Å². The average Bonchev–Trinajstić information content (AvgIpc) is 2.32. The van der Waals surface area contributed by atoms with Gasteiger partial charge in [-0.15, -0.1) is 0 Å². The van der Waals surface area contributed by atoms with E-state index in [1.807, 2.05) is 26.1 Å². The maximum absolute atomic E-state index is 6.03. The molecule has 0 fully saturated rings. The summed E-state index contributed by atoms with van der Waals surface area (Å²) in [6.45, 7) is 8.98. The summed E-state index contributed by atoms with van der Waals surface area (Å²) in [6.07, 6.45) is 0. The van der Waals surface area contributed by atoms with Crippen molar-refractivity contribution in [3.05, 3.63) is 52.2 Å². The molecule has 0 atom stereocenters. The van der Waals surface area contributed by atoms with Crippen molar-refractivity contribution >= 4 is 0 Å². The predicted octanol–water partition coefficient (Wildman–Crippen LogP) is 3.83. The van der Waals surface area contributed by atoms with Crippen molar-refractivity contribution in [3.63, 3.8) is 0 Å². The first-order valence-corrected chi connectivity index (χ1v) is 6.87. The van der Waals surface area contributed by atoms with Crippen LogP contribution in [0.2, 0.25) is 0 Å². The summed E-state index contributed by atoms with van der Waals surface area (Å²) in [4.78, 5) is 4.54. The number of rotatable bonds is 4. The molecule has 3 nitrogen and oxygen atoms in total. The number of nitrogens with zero attached hydrogens (tertiary/aromatic N) is 1. The van der Waals surface area contributed by atoms with E-state index in [1.54, 1.807) is 0 Å². The SMILES string of the molecule is CNCc1c(C)cc(C)nc1Oc1cc(C)cc(C)c1. The van der Waals surface area contributed by atoms with Gasteiger partial charge in [-0.05, 0) is 69.6 Å². The van der Waals surface area contributed by atoms with E-state index in [0.717, 1.165) is 23.6 Å². The Labute approximate surface area is 121 Å². The Morgan fingerprint density at radius 2 is 1.65 bits per heavy atom. The standard InChI is InChI=1S/C17H22N2O/c1-11-6-12(2)8-15(7-11)20-17-16(10-18-5)13(3)9-14(4)19-17/h6-9,18H,10H2,1-5H3. The van der Waals surface area contributed by atoms with Gasteiger partial charge in [0.05, 0.1) is 0 Å². The molecule has 106 valence electrons. The molecule has 20 heavy (non-hydrogen) atoms. The van der Waals surface area contributed by atoms with Crippen molar-refractivity contribution < 1.29 is 4.74 Å². The maximum Gasteiger partial charge on any atom is 0.224 e. The molecule has 0 unspecified atom stereocenters. The van der Waals surface area contributed by atoms with E-state index in [9.17, 15) is 0 Å². The fraction of sp³-hybridized carbons (Fsp3) is 0.353. The number of hydrogen-bond donors (Lipinski definition) is 1. The van der Waals surface area contributed by atoms with E-state index in [1.165, 1.54) is 16.7 Å². The molecule has 0 spiro atoms. The number of ether oxygens (including phenoxy) is 1. The van der Waals surface area contributed by atoms with Gasteiger partial charge in [-0.25, -0.2) is 4.98 Å². The molecule has 0 bridgehead atoms. The first kappa shape index (κ1) is 14.5. The summed E-state index contributed by atoms with van der Waals surface area (Å²) in [6, 6.07) is 8.29. The van der Waals surface area contributed by atoms with Crippen LogP contribution in [-0.2, 0) is 6.54 Å². The Morgan fingerprint density at radius 1 is 1.00 bits per heavy atom. The molecule has 0 saturated heterocycles. The van der Waals surface area contributed by atoms with Gasteiger partial charge >= 0.3 is 0 Å². The van der Waals surface area contributed by atoms with Crippen LogP contribution in [-0.4, -0.2) is 12.0 Å². The third-order valence-corrected chi connectivity index (χ3v) is 3.20. The molecule has 1 heterocycles. The summed E-state index contributed by atoms with van der Waals surface area (Å²) in [5.41, 5.74) is 5.67. The van der Waals surface area contributed by atoms with E-state index in [-0.39, 0.29) is 0 Å². The highest BCUT2D eigenvalue weighted by Crippen LogP contribution is 2.27. The molecule has 1 aromatic carbocycles. The highest BCUT2D eigenvalue weighted by molar-refractivity contribution is 5.41. The lowest BCUT2D eigenvalue weighted by Crippen LogP contribution is -2.09. The molecule has 0 radical (unpaired) electrons. The van der Waals surface area contributed by atoms with Crippen LogP contribution in [0.5, 0.6) is 11.6 Å². The second kappa shape index (κ2) is 6.06. The van der Waals surface area contributed by atoms with Crippen LogP contribution < -0.4 is 10.1 Å². The zero-order valence-electron chi connectivity index (χ0n) is 12.9. The molecule has 3 heteroatoms. The third-order valence-electron chi connectivity index (χ3n) is 3.20. The number of aromatic nitrogens is 1. The quantitative estimate of drug-likeness (QED) is 0.917. The molecule has 0 aliphatic carbocycles. The van der Waals surface area contributed by atoms with Gasteiger partial charge in [-0.2, -0.15) is 0 Å². The van der Waals surface area contributed by atoms with Crippen LogP contribution in [0.3, 0.4) is 0 Å². The number of benzene rings is 1. The Morgan fingerprint density at radius 3 is 2.25 bits per heavy atom. The number of pyridine rings is 1. The smallest absolute Gasteiger partial charge is 0.224 e. The van der Waals surface area contributed by atoms with Crippen LogP contribution in [0.25, 0.3) is 0 Å². The van der Waals surface area contributed by atoms with Gasteiger partial charge in [-0.3, -0.25) is 0 Å². The molecule has 0 aliphatic rings. The van der Waals surface area contributed by atoms with Crippen molar-refractivity contribution in [2.75, 3.05) is 7.05 Å². The van der Waals surface area contributed by atoms with Crippen molar-refractivity contribution in [1.29, 1.82) is 0 Å². The Bertz CT molecular complexity index is 600. The largest absolute Gasteiger partial charge is 0.439 e. The summed E-state index contributed by atoms with van der Waals surface area (Å²) in [7, 11) is 1.93. The molecule has 0 aliphatic heterocycles. The van der Waals surface area contributed by atoms with Gasteiger partial charge in [0.15, 0.2) is 0 Å². The van der Waals surface area contributed by atoms with E-state index in [4.69, 9.17) is 4.74 Å². The Balaban J connectivity index is 2.41. The minimum Gasteiger partial charge on any atom is -0.439 e. The zero-order chi connectivity index (χ0) is 14.7. The summed E-state index contributed by atoms with van der Waals surface area (Å²) < 4.78 is 6.03. The van der Waals surface area contributed by atoms with Crippen molar-refractivity contribution in [1.82, 2.24) is 10.3 Å². The molecular weight excluding hydrogens is 248 g/mol. The van der Waals surface area contributed by atoms with Gasteiger partial charge in [0.1, 0.15) is 5.75 Å². The second-order valence-corrected chi connectivity index (χ2v) is 5.32. The van der Waals surface area contributed by atoms with Gasteiger partial charge in [-0.1, -0.05) is 6.07 Å². The normalized spacial score (nSPS) is 10.7. The Hall–Kier alpha value is -1.87. The minimum absolute atomic E-state index is 0.696. The first-order chi connectivity index (χ1) is 9.49. The third kappa shape index (κ3) is 3.36. The van der Waals surface area contributed by atoms with Crippen LogP contribution in [0.4, 0.5) is 0 Å². The molecule has 1 aromatic heterocycles. The van der Waals surface area contributed by atoms with E-state index >= 15 is 0 Å². The van der Waals surface area contributed by atoms with Crippen LogP contribution in [0, 0.1) is 27.7 Å². The lowest BCUT2D eigenvalue weighted by Gasteiger charge is -2.14. The molecule has 0 saturated carbocycles. The lowest BCUT2D eigenvalue weighted by atomic mass is 10.1. The van der Waals surface area contributed by atoms with E-state index in [2.05, 4.69) is 43.2 Å². The van der Waals surface area contributed by atoms with E-state index in [0.29, 0.717) is 5.88 Å². The van der Waals surface area contributed by atoms with Gasteiger partial charge in [0.2, 0.25) is 5.88 Å². The average molecular weight is 270 g/mol. The predicted molar refractivity (Wildman–Crippen MR) is 82.5 cm³/mol. The maximum atomic E-state index is 6.03. The highest BCUT2D eigenvalue weighted by Gasteiger charge is 2.11. The topological polar surface area (TPSA) is 34.2 Å². The summed E-state index contributed by atoms with van der Waals surface area (Å²) in [5.74, 6) is 1.54. The fourth-order valence-electron chi connectivity index (χ4n) is 2.41. The van der Waals surface area contributed by atoms with E-state index < -0.39 is 0 Å². The van der Waals surface area contributed by atoms with Crippen LogP contribution >= 0.6 is 0 Å². The number of hydrogen-bond acceptors (Lipinski definition) is 3. The molecule has 2 rings (SSSR count). The summed E-state index contributed by atoms with van der Waals surface area (Å²) in [5, 5.41) is 3.17. The minimum atomic E-state index is 0.696.